The van der Waals surface area contributed by atoms with Crippen molar-refractivity contribution in [3.05, 3.63) is 29.8 Å². The minimum atomic E-state index is -5.06. The van der Waals surface area contributed by atoms with Gasteiger partial charge in [-0.1, -0.05) is 0 Å². The van der Waals surface area contributed by atoms with Crippen molar-refractivity contribution in [1.82, 2.24) is 15.0 Å². The molecule has 0 fully saturated rings. The summed E-state index contributed by atoms with van der Waals surface area (Å²) in [5.74, 6) is -1.86. The Balaban J connectivity index is 2.81. The predicted molar refractivity (Wildman–Crippen MR) is 47.3 cm³/mol. The number of aromatic nitrogens is 3. The fraction of sp³-hybridized carbons (Fsp3) is 0.222. The molecule has 0 unspecified atom stereocenters. The van der Waals surface area contributed by atoms with Gasteiger partial charge in [0, 0.05) is 6.20 Å². The van der Waals surface area contributed by atoms with Gasteiger partial charge < -0.3 is 0 Å². The van der Waals surface area contributed by atoms with E-state index in [0.29, 0.717) is 0 Å². The van der Waals surface area contributed by atoms with Crippen LogP contribution in [0.3, 0.4) is 0 Å². The molecule has 0 amide bonds. The molecule has 0 saturated heterocycles. The highest BCUT2D eigenvalue weighted by atomic mass is 19.4. The minimum absolute atomic E-state index is 0.571. The lowest BCUT2D eigenvalue weighted by Crippen LogP contribution is -2.17. The Bertz CT molecular complexity index is 589. The van der Waals surface area contributed by atoms with Crippen molar-refractivity contribution >= 4 is 11.0 Å². The molecule has 2 aromatic heterocycles. The van der Waals surface area contributed by atoms with Gasteiger partial charge in [0.05, 0.1) is 5.39 Å². The summed E-state index contributed by atoms with van der Waals surface area (Å²) in [7, 11) is 0. The molecule has 0 N–H and O–H groups in total. The van der Waals surface area contributed by atoms with Crippen LogP contribution in [0.25, 0.3) is 11.0 Å². The van der Waals surface area contributed by atoms with Gasteiger partial charge in [-0.25, -0.2) is 15.0 Å². The van der Waals surface area contributed by atoms with E-state index in [9.17, 15) is 26.3 Å². The van der Waals surface area contributed by atoms with E-state index in [2.05, 4.69) is 15.0 Å². The Morgan fingerprint density at radius 1 is 0.889 bits per heavy atom. The number of pyridine rings is 1. The average Bonchev–Trinajstić information content (AvgIpc) is 2.25. The molecule has 0 radical (unpaired) electrons. The van der Waals surface area contributed by atoms with E-state index in [1.807, 2.05) is 0 Å². The van der Waals surface area contributed by atoms with Crippen LogP contribution in [0.15, 0.2) is 18.3 Å². The molecule has 0 spiro atoms. The summed E-state index contributed by atoms with van der Waals surface area (Å²) < 4.78 is 74.9. The van der Waals surface area contributed by atoms with Crippen LogP contribution in [0.4, 0.5) is 26.3 Å². The maximum absolute atomic E-state index is 12.6. The zero-order valence-corrected chi connectivity index (χ0v) is 8.34. The van der Waals surface area contributed by atoms with Gasteiger partial charge in [0.1, 0.15) is 0 Å². The van der Waals surface area contributed by atoms with E-state index in [4.69, 9.17) is 0 Å². The molecule has 0 aromatic carbocycles. The van der Waals surface area contributed by atoms with Gasteiger partial charge in [0.25, 0.3) is 0 Å². The molecular formula is C9H3F6N3. The number of fused-ring (bicyclic) bond motifs is 1. The number of halogens is 6. The van der Waals surface area contributed by atoms with Crippen molar-refractivity contribution in [3.63, 3.8) is 0 Å². The summed E-state index contributed by atoms with van der Waals surface area (Å²) >= 11 is 0. The molecule has 96 valence electrons. The second kappa shape index (κ2) is 3.79. The third-order valence-electron chi connectivity index (χ3n) is 1.99. The summed E-state index contributed by atoms with van der Waals surface area (Å²) in [4.78, 5) is 8.89. The third-order valence-corrected chi connectivity index (χ3v) is 1.99. The van der Waals surface area contributed by atoms with E-state index >= 15 is 0 Å². The first-order chi connectivity index (χ1) is 8.19. The molecule has 9 heteroatoms. The highest BCUT2D eigenvalue weighted by Crippen LogP contribution is 2.35. The van der Waals surface area contributed by atoms with Crippen molar-refractivity contribution in [2.45, 2.75) is 12.4 Å². The lowest BCUT2D eigenvalue weighted by atomic mass is 10.2. The topological polar surface area (TPSA) is 38.7 Å². The quantitative estimate of drug-likeness (QED) is 0.688. The van der Waals surface area contributed by atoms with Crippen molar-refractivity contribution in [3.8, 4) is 0 Å². The fourth-order valence-corrected chi connectivity index (χ4v) is 1.31. The second-order valence-electron chi connectivity index (χ2n) is 3.27. The standard InChI is InChI=1S/C9H3F6N3/c10-8(11,12)5-4-2-1-3-16-6(4)18-7(17-5)9(13,14)15/h1-3H. The van der Waals surface area contributed by atoms with Crippen molar-refractivity contribution in [2.75, 3.05) is 0 Å². The molecule has 18 heavy (non-hydrogen) atoms. The van der Waals surface area contributed by atoms with Gasteiger partial charge in [-0.05, 0) is 12.1 Å². The average molecular weight is 267 g/mol. The van der Waals surface area contributed by atoms with Crippen molar-refractivity contribution in [1.29, 1.82) is 0 Å². The number of hydrogen-bond acceptors (Lipinski definition) is 3. The number of hydrogen-bond donors (Lipinski definition) is 0. The van der Waals surface area contributed by atoms with E-state index in [-0.39, 0.29) is 0 Å². The highest BCUT2D eigenvalue weighted by molar-refractivity contribution is 5.77. The van der Waals surface area contributed by atoms with Crippen LogP contribution in [0.1, 0.15) is 11.5 Å². The van der Waals surface area contributed by atoms with Crippen molar-refractivity contribution in [2.24, 2.45) is 0 Å². The lowest BCUT2D eigenvalue weighted by molar-refractivity contribution is -0.151. The Hall–Kier alpha value is -1.93. The highest BCUT2D eigenvalue weighted by Gasteiger charge is 2.41. The maximum Gasteiger partial charge on any atom is 0.451 e. The summed E-state index contributed by atoms with van der Waals surface area (Å²) in [5, 5.41) is -0.571. The Kier molecular flexibility index (Phi) is 2.63. The minimum Gasteiger partial charge on any atom is -0.237 e. The number of rotatable bonds is 0. The molecule has 2 rings (SSSR count). The normalized spacial score (nSPS) is 13.0. The largest absolute Gasteiger partial charge is 0.451 e. The first-order valence-corrected chi connectivity index (χ1v) is 4.47. The lowest BCUT2D eigenvalue weighted by Gasteiger charge is -2.11. The number of alkyl halides is 6. The van der Waals surface area contributed by atoms with Crippen LogP contribution in [-0.2, 0) is 12.4 Å². The number of nitrogens with zero attached hydrogens (tertiary/aromatic N) is 3. The molecule has 0 aliphatic rings. The van der Waals surface area contributed by atoms with Crippen LogP contribution in [0.2, 0.25) is 0 Å². The zero-order chi connectivity index (χ0) is 13.6. The van der Waals surface area contributed by atoms with Gasteiger partial charge in [0.15, 0.2) is 11.3 Å². The molecule has 2 aromatic rings. The fourth-order valence-electron chi connectivity index (χ4n) is 1.31. The summed E-state index contributed by atoms with van der Waals surface area (Å²) in [5.41, 5.74) is -2.29. The van der Waals surface area contributed by atoms with Crippen LogP contribution in [0, 0.1) is 0 Å². The molecule has 0 bridgehead atoms. The first-order valence-electron chi connectivity index (χ1n) is 4.47. The zero-order valence-electron chi connectivity index (χ0n) is 8.34. The summed E-state index contributed by atoms with van der Waals surface area (Å²) in [6.45, 7) is 0. The Morgan fingerprint density at radius 3 is 2.11 bits per heavy atom. The third kappa shape index (κ3) is 2.20. The SMILES string of the molecule is FC(F)(F)c1nc(C(F)(F)F)c2cccnc2n1. The molecule has 0 saturated carbocycles. The Labute approximate surface area is 95.5 Å². The maximum atomic E-state index is 12.6. The monoisotopic (exact) mass is 267 g/mol. The van der Waals surface area contributed by atoms with Gasteiger partial charge in [-0.3, -0.25) is 0 Å². The van der Waals surface area contributed by atoms with Gasteiger partial charge >= 0.3 is 12.4 Å². The second-order valence-corrected chi connectivity index (χ2v) is 3.27. The Morgan fingerprint density at radius 2 is 1.56 bits per heavy atom. The molecule has 3 nitrogen and oxygen atoms in total. The van der Waals surface area contributed by atoms with E-state index in [0.717, 1.165) is 18.3 Å². The smallest absolute Gasteiger partial charge is 0.237 e. The van der Waals surface area contributed by atoms with E-state index in [1.165, 1.54) is 0 Å². The molecular weight excluding hydrogens is 264 g/mol. The van der Waals surface area contributed by atoms with Crippen LogP contribution in [0.5, 0.6) is 0 Å². The van der Waals surface area contributed by atoms with Gasteiger partial charge in [0.2, 0.25) is 5.82 Å². The van der Waals surface area contributed by atoms with E-state index in [1.54, 1.807) is 0 Å². The molecule has 2 heterocycles. The summed E-state index contributed by atoms with van der Waals surface area (Å²) in [6, 6.07) is 2.12. The predicted octanol–water partition coefficient (Wildman–Crippen LogP) is 3.06. The molecule has 0 atom stereocenters. The van der Waals surface area contributed by atoms with Crippen LogP contribution < -0.4 is 0 Å². The van der Waals surface area contributed by atoms with Crippen molar-refractivity contribution < 1.29 is 26.3 Å². The van der Waals surface area contributed by atoms with Gasteiger partial charge in [-0.15, -0.1) is 0 Å². The molecule has 0 aliphatic heterocycles. The molecule has 0 aliphatic carbocycles. The van der Waals surface area contributed by atoms with Crippen LogP contribution in [-0.4, -0.2) is 15.0 Å². The van der Waals surface area contributed by atoms with E-state index < -0.39 is 34.9 Å². The first kappa shape index (κ1) is 12.5. The summed E-state index contributed by atoms with van der Waals surface area (Å²) in [6.07, 6.45) is -9.02. The van der Waals surface area contributed by atoms with Gasteiger partial charge in [-0.2, -0.15) is 26.3 Å². The van der Waals surface area contributed by atoms with Crippen LogP contribution >= 0.6 is 0 Å².